The lowest BCUT2D eigenvalue weighted by Gasteiger charge is -2.35. The summed E-state index contributed by atoms with van der Waals surface area (Å²) >= 11 is 9.91. The number of halogens is 4. The molecule has 2 aromatic carbocycles. The maximum absolute atomic E-state index is 14.8. The third kappa shape index (κ3) is 3.51. The van der Waals surface area contributed by atoms with E-state index in [2.05, 4.69) is 31.1 Å². The highest BCUT2D eigenvalue weighted by atomic mass is 79.9. The van der Waals surface area contributed by atoms with Crippen LogP contribution in [0.5, 0.6) is 0 Å². The SMILES string of the molecule is Cc1nn([C@H](C)[C@](O)(Cn2cncn2)c2ccc(F)cc2F)c2c(Cl)cc(Br)cc12. The zero-order chi connectivity index (χ0) is 21.6. The van der Waals surface area contributed by atoms with E-state index in [4.69, 9.17) is 11.6 Å². The van der Waals surface area contributed by atoms with Gasteiger partial charge in [0.05, 0.1) is 28.8 Å². The highest BCUT2D eigenvalue weighted by Crippen LogP contribution is 2.40. The fraction of sp³-hybridized carbons (Fsp3) is 0.250. The summed E-state index contributed by atoms with van der Waals surface area (Å²) in [5.74, 6) is -1.60. The van der Waals surface area contributed by atoms with Crippen molar-refractivity contribution in [3.05, 3.63) is 75.4 Å². The van der Waals surface area contributed by atoms with E-state index in [0.29, 0.717) is 16.2 Å². The van der Waals surface area contributed by atoms with Gasteiger partial charge in [-0.15, -0.1) is 0 Å². The number of hydrogen-bond donors (Lipinski definition) is 1. The van der Waals surface area contributed by atoms with Crippen LogP contribution in [-0.2, 0) is 12.1 Å². The van der Waals surface area contributed by atoms with Gasteiger partial charge < -0.3 is 5.11 Å². The van der Waals surface area contributed by atoms with E-state index < -0.39 is 23.3 Å². The van der Waals surface area contributed by atoms with Crippen LogP contribution in [0.3, 0.4) is 0 Å². The molecule has 2 atom stereocenters. The number of benzene rings is 2. The monoisotopic (exact) mass is 495 g/mol. The predicted molar refractivity (Wildman–Crippen MR) is 112 cm³/mol. The lowest BCUT2D eigenvalue weighted by atomic mass is 9.86. The Labute approximate surface area is 184 Å². The zero-order valence-corrected chi connectivity index (χ0v) is 18.4. The van der Waals surface area contributed by atoms with Crippen LogP contribution in [0.1, 0.15) is 24.2 Å². The zero-order valence-electron chi connectivity index (χ0n) is 16.0. The van der Waals surface area contributed by atoms with Crippen LogP contribution in [0.15, 0.2) is 47.5 Å². The molecule has 156 valence electrons. The molecule has 4 rings (SSSR count). The number of aliphatic hydroxyl groups is 1. The van der Waals surface area contributed by atoms with E-state index in [9.17, 15) is 13.9 Å². The van der Waals surface area contributed by atoms with Gasteiger partial charge in [0.15, 0.2) is 0 Å². The molecule has 6 nitrogen and oxygen atoms in total. The van der Waals surface area contributed by atoms with Crippen molar-refractivity contribution in [1.29, 1.82) is 0 Å². The number of aromatic nitrogens is 5. The second-order valence-electron chi connectivity index (χ2n) is 7.13. The third-order valence-electron chi connectivity index (χ3n) is 5.23. The summed E-state index contributed by atoms with van der Waals surface area (Å²) < 4.78 is 32.1. The number of fused-ring (bicyclic) bond motifs is 1. The molecule has 4 aromatic rings. The van der Waals surface area contributed by atoms with Gasteiger partial charge in [0.25, 0.3) is 0 Å². The molecule has 2 heterocycles. The Kier molecular flexibility index (Phi) is 5.37. The number of rotatable bonds is 5. The summed E-state index contributed by atoms with van der Waals surface area (Å²) in [6, 6.07) is 5.88. The van der Waals surface area contributed by atoms with Gasteiger partial charge in [0, 0.05) is 21.5 Å². The van der Waals surface area contributed by atoms with E-state index >= 15 is 0 Å². The van der Waals surface area contributed by atoms with E-state index in [1.165, 1.54) is 23.4 Å². The van der Waals surface area contributed by atoms with E-state index in [1.54, 1.807) is 17.7 Å². The minimum Gasteiger partial charge on any atom is -0.381 e. The first kappa shape index (κ1) is 20.9. The van der Waals surface area contributed by atoms with Crippen molar-refractivity contribution >= 4 is 38.4 Å². The van der Waals surface area contributed by atoms with Gasteiger partial charge in [-0.05, 0) is 32.0 Å². The molecule has 0 aliphatic rings. The molecule has 30 heavy (non-hydrogen) atoms. The molecule has 0 aliphatic carbocycles. The first-order valence-corrected chi connectivity index (χ1v) is 10.2. The summed E-state index contributed by atoms with van der Waals surface area (Å²) in [4.78, 5) is 3.88. The maximum Gasteiger partial charge on any atom is 0.137 e. The molecule has 0 spiro atoms. The first-order chi connectivity index (χ1) is 14.2. The van der Waals surface area contributed by atoms with Crippen molar-refractivity contribution in [2.24, 2.45) is 0 Å². The fourth-order valence-electron chi connectivity index (χ4n) is 3.67. The molecular formula is C20H17BrClF2N5O. The predicted octanol–water partition coefficient (Wildman–Crippen LogP) is 4.78. The lowest BCUT2D eigenvalue weighted by molar-refractivity contribution is -0.0355. The standard InChI is InChI=1S/C20H17BrClF2N5O/c1-11-15-5-13(21)6-17(22)19(15)29(27-11)12(2)20(30,8-28-10-25-9-26-28)16-4-3-14(23)7-18(16)24/h3-7,9-10,12,30H,8H2,1-2H3/t12-,20-/m1/s1. The van der Waals surface area contributed by atoms with Gasteiger partial charge in [-0.1, -0.05) is 33.6 Å². The van der Waals surface area contributed by atoms with Crippen molar-refractivity contribution in [3.63, 3.8) is 0 Å². The molecule has 0 saturated heterocycles. The Morgan fingerprint density at radius 3 is 2.70 bits per heavy atom. The summed E-state index contributed by atoms with van der Waals surface area (Å²) in [5, 5.41) is 21.6. The Balaban J connectivity index is 1.93. The summed E-state index contributed by atoms with van der Waals surface area (Å²) in [6.45, 7) is 3.39. The molecule has 0 radical (unpaired) electrons. The number of hydrogen-bond acceptors (Lipinski definition) is 4. The van der Waals surface area contributed by atoms with Gasteiger partial charge in [0.2, 0.25) is 0 Å². The second-order valence-corrected chi connectivity index (χ2v) is 8.45. The molecule has 1 N–H and O–H groups in total. The molecule has 10 heteroatoms. The minimum absolute atomic E-state index is 0.0820. The van der Waals surface area contributed by atoms with Crippen LogP contribution in [0, 0.1) is 18.6 Å². The van der Waals surface area contributed by atoms with Crippen molar-refractivity contribution in [2.45, 2.75) is 32.0 Å². The van der Waals surface area contributed by atoms with Crippen LogP contribution in [0.25, 0.3) is 10.9 Å². The molecule has 0 fully saturated rings. The van der Waals surface area contributed by atoms with Gasteiger partial charge in [0.1, 0.15) is 29.9 Å². The van der Waals surface area contributed by atoms with Crippen LogP contribution < -0.4 is 0 Å². The fourth-order valence-corrected chi connectivity index (χ4v) is 4.56. The van der Waals surface area contributed by atoms with Crippen LogP contribution >= 0.6 is 27.5 Å². The van der Waals surface area contributed by atoms with E-state index in [0.717, 1.165) is 22.0 Å². The Morgan fingerprint density at radius 2 is 2.03 bits per heavy atom. The topological polar surface area (TPSA) is 68.8 Å². The van der Waals surface area contributed by atoms with Gasteiger partial charge in [-0.3, -0.25) is 4.68 Å². The maximum atomic E-state index is 14.8. The van der Waals surface area contributed by atoms with Gasteiger partial charge in [-0.2, -0.15) is 10.2 Å². The third-order valence-corrected chi connectivity index (χ3v) is 5.98. The lowest BCUT2D eigenvalue weighted by Crippen LogP contribution is -2.41. The first-order valence-electron chi connectivity index (χ1n) is 9.05. The normalized spacial score (nSPS) is 14.8. The highest BCUT2D eigenvalue weighted by molar-refractivity contribution is 9.10. The summed E-state index contributed by atoms with van der Waals surface area (Å²) in [5.41, 5.74) is -0.624. The second kappa shape index (κ2) is 7.72. The molecular weight excluding hydrogens is 480 g/mol. The summed E-state index contributed by atoms with van der Waals surface area (Å²) in [6.07, 6.45) is 2.73. The van der Waals surface area contributed by atoms with Crippen LogP contribution in [0.2, 0.25) is 5.02 Å². The quantitative estimate of drug-likeness (QED) is 0.432. The summed E-state index contributed by atoms with van der Waals surface area (Å²) in [7, 11) is 0. The van der Waals surface area contributed by atoms with Crippen LogP contribution in [0.4, 0.5) is 8.78 Å². The van der Waals surface area contributed by atoms with Crippen molar-refractivity contribution in [3.8, 4) is 0 Å². The Morgan fingerprint density at radius 1 is 1.27 bits per heavy atom. The number of aryl methyl sites for hydroxylation is 1. The molecule has 0 saturated carbocycles. The smallest absolute Gasteiger partial charge is 0.137 e. The Bertz CT molecular complexity index is 1230. The molecule has 0 unspecified atom stereocenters. The van der Waals surface area contributed by atoms with Crippen molar-refractivity contribution in [2.75, 3.05) is 0 Å². The molecule has 2 aromatic heterocycles. The molecule has 0 amide bonds. The van der Waals surface area contributed by atoms with E-state index in [-0.39, 0.29) is 12.1 Å². The van der Waals surface area contributed by atoms with Crippen molar-refractivity contribution < 1.29 is 13.9 Å². The van der Waals surface area contributed by atoms with Crippen LogP contribution in [-0.4, -0.2) is 29.7 Å². The van der Waals surface area contributed by atoms with E-state index in [1.807, 2.05) is 13.0 Å². The van der Waals surface area contributed by atoms with Crippen molar-refractivity contribution in [1.82, 2.24) is 24.5 Å². The van der Waals surface area contributed by atoms with Gasteiger partial charge in [-0.25, -0.2) is 18.4 Å². The highest BCUT2D eigenvalue weighted by Gasteiger charge is 2.41. The Hall–Kier alpha value is -2.36. The molecule has 0 bridgehead atoms. The minimum atomic E-state index is -1.84. The van der Waals surface area contributed by atoms with Gasteiger partial charge >= 0.3 is 0 Å². The largest absolute Gasteiger partial charge is 0.381 e. The number of nitrogens with zero attached hydrogens (tertiary/aromatic N) is 5. The average Bonchev–Trinajstić information content (AvgIpc) is 3.29. The average molecular weight is 497 g/mol. The molecule has 0 aliphatic heterocycles.